The van der Waals surface area contributed by atoms with Crippen molar-refractivity contribution in [1.82, 2.24) is 4.90 Å². The fourth-order valence-corrected chi connectivity index (χ4v) is 5.28. The fraction of sp³-hybridized carbons (Fsp3) is 0.316. The summed E-state index contributed by atoms with van der Waals surface area (Å²) in [6, 6.07) is 10.4. The molecule has 2 aromatic carbocycles. The summed E-state index contributed by atoms with van der Waals surface area (Å²) in [5, 5.41) is 16.7. The molecule has 2 aromatic rings. The van der Waals surface area contributed by atoms with Gasteiger partial charge in [-0.25, -0.2) is 26.8 Å². The summed E-state index contributed by atoms with van der Waals surface area (Å²) in [5.74, 6) is 0.236. The van der Waals surface area contributed by atoms with Gasteiger partial charge in [0.2, 0.25) is 10.0 Å². The first-order valence-corrected chi connectivity index (χ1v) is 13.5. The Balaban J connectivity index is 2.45. The largest absolute Gasteiger partial charge is 0.501 e. The maximum atomic E-state index is 13.3. The van der Waals surface area contributed by atoms with E-state index in [0.29, 0.717) is 6.07 Å². The van der Waals surface area contributed by atoms with Crippen molar-refractivity contribution in [2.75, 3.05) is 24.7 Å². The number of thioether (sulfide) groups is 1. The fourth-order valence-electron chi connectivity index (χ4n) is 2.72. The van der Waals surface area contributed by atoms with E-state index in [1.165, 1.54) is 18.8 Å². The van der Waals surface area contributed by atoms with Crippen molar-refractivity contribution in [2.45, 2.75) is 32.7 Å². The summed E-state index contributed by atoms with van der Waals surface area (Å²) >= 11 is 1.32. The highest BCUT2D eigenvalue weighted by Crippen LogP contribution is 2.36. The van der Waals surface area contributed by atoms with E-state index in [2.05, 4.69) is 5.32 Å². The summed E-state index contributed by atoms with van der Waals surface area (Å²) in [5.41, 5.74) is -6.18. The normalized spacial score (nSPS) is 13.3. The maximum absolute atomic E-state index is 13.3. The number of hydrogen-bond acceptors (Lipinski definition) is 7. The van der Waals surface area contributed by atoms with E-state index in [9.17, 15) is 34.8 Å². The van der Waals surface area contributed by atoms with Gasteiger partial charge in [-0.05, 0) is 36.8 Å². The third-order valence-corrected chi connectivity index (χ3v) is 8.18. The number of amides is 1. The van der Waals surface area contributed by atoms with Crippen molar-refractivity contribution in [3.05, 3.63) is 48.5 Å². The first-order valence-electron chi connectivity index (χ1n) is 9.49. The average Bonchev–Trinajstić information content (AvgIpc) is 2.74. The number of primary sulfonamides is 1. The van der Waals surface area contributed by atoms with Crippen LogP contribution in [0.2, 0.25) is 0 Å². The Morgan fingerprint density at radius 1 is 1.15 bits per heavy atom. The molecule has 15 heteroatoms. The first-order chi connectivity index (χ1) is 15.6. The summed E-state index contributed by atoms with van der Waals surface area (Å²) < 4.78 is 87.5. The van der Waals surface area contributed by atoms with Crippen LogP contribution in [0.5, 0.6) is 0 Å². The van der Waals surface area contributed by atoms with Crippen LogP contribution >= 0.6 is 11.8 Å². The zero-order valence-electron chi connectivity index (χ0n) is 17.7. The molecular weight excluding hydrogens is 519 g/mol. The number of hydrogen-bond donors (Lipinski definition) is 3. The van der Waals surface area contributed by atoms with E-state index in [1.807, 2.05) is 0 Å². The number of benzene rings is 2. The minimum atomic E-state index is -5.94. The number of alkyl halides is 3. The number of anilines is 1. The van der Waals surface area contributed by atoms with Gasteiger partial charge in [-0.2, -0.15) is 13.2 Å². The van der Waals surface area contributed by atoms with Crippen molar-refractivity contribution in [1.29, 1.82) is 0 Å². The Kier molecular flexibility index (Phi) is 8.85. The zero-order valence-corrected chi connectivity index (χ0v) is 20.1. The lowest BCUT2D eigenvalue weighted by molar-refractivity contribution is -0.0435. The van der Waals surface area contributed by atoms with Crippen molar-refractivity contribution in [3.8, 4) is 0 Å². The molecule has 0 saturated carbocycles. The molecule has 1 amide bonds. The number of nitrogens with zero attached hydrogens (tertiary/aromatic N) is 1. The maximum Gasteiger partial charge on any atom is 0.501 e. The van der Waals surface area contributed by atoms with Crippen molar-refractivity contribution >= 4 is 43.4 Å². The molecule has 0 aliphatic carbocycles. The lowest BCUT2D eigenvalue weighted by Gasteiger charge is -2.24. The van der Waals surface area contributed by atoms with Crippen LogP contribution in [0.25, 0.3) is 0 Å². The third kappa shape index (κ3) is 7.25. The summed E-state index contributed by atoms with van der Waals surface area (Å²) in [4.78, 5) is 10.8. The van der Waals surface area contributed by atoms with Gasteiger partial charge < -0.3 is 15.3 Å². The van der Waals surface area contributed by atoms with Crippen LogP contribution in [0, 0.1) is 0 Å². The van der Waals surface area contributed by atoms with E-state index < -0.39 is 53.0 Å². The molecule has 34 heavy (non-hydrogen) atoms. The Morgan fingerprint density at radius 3 is 2.29 bits per heavy atom. The van der Waals surface area contributed by atoms with Crippen LogP contribution in [-0.2, 0) is 19.9 Å². The molecule has 0 unspecified atom stereocenters. The van der Waals surface area contributed by atoms with Gasteiger partial charge in [0.25, 0.3) is 9.84 Å². The summed E-state index contributed by atoms with van der Waals surface area (Å²) in [6.45, 7) is -0.00103. The number of nitrogens with two attached hydrogens (primary N) is 1. The second-order valence-corrected chi connectivity index (χ2v) is 11.7. The van der Waals surface area contributed by atoms with Gasteiger partial charge in [-0.1, -0.05) is 18.2 Å². The lowest BCUT2D eigenvalue weighted by atomic mass is 10.2. The van der Waals surface area contributed by atoms with Crippen LogP contribution < -0.4 is 10.5 Å². The summed E-state index contributed by atoms with van der Waals surface area (Å²) in [7, 11) is -9.12. The molecule has 0 heterocycles. The molecule has 0 spiro atoms. The van der Waals surface area contributed by atoms with Crippen LogP contribution in [0.1, 0.15) is 6.42 Å². The molecule has 188 valence electrons. The monoisotopic (exact) mass is 541 g/mol. The number of rotatable bonds is 10. The van der Waals surface area contributed by atoms with E-state index >= 15 is 0 Å². The number of carboxylic acid groups (broad SMARTS) is 1. The smallest absolute Gasteiger partial charge is 0.465 e. The first kappa shape index (κ1) is 27.8. The highest BCUT2D eigenvalue weighted by atomic mass is 32.2. The number of carbonyl (C=O) groups is 1. The third-order valence-electron chi connectivity index (χ3n) is 4.57. The lowest BCUT2D eigenvalue weighted by Crippen LogP contribution is -2.33. The number of sulfonamides is 1. The van der Waals surface area contributed by atoms with Crippen LogP contribution in [0.3, 0.4) is 0 Å². The topological polar surface area (TPSA) is 147 Å². The zero-order chi connectivity index (χ0) is 25.7. The Morgan fingerprint density at radius 2 is 1.76 bits per heavy atom. The van der Waals surface area contributed by atoms with E-state index in [-0.39, 0.29) is 18.7 Å². The van der Waals surface area contributed by atoms with Crippen molar-refractivity contribution in [2.24, 2.45) is 5.14 Å². The minimum absolute atomic E-state index is 0.00103. The quantitative estimate of drug-likeness (QED) is 0.389. The molecule has 1 atom stereocenters. The van der Waals surface area contributed by atoms with Gasteiger partial charge in [0.15, 0.2) is 0 Å². The van der Waals surface area contributed by atoms with Gasteiger partial charge in [0, 0.05) is 30.3 Å². The number of sulfone groups is 1. The van der Waals surface area contributed by atoms with Gasteiger partial charge >= 0.3 is 11.6 Å². The van der Waals surface area contributed by atoms with Gasteiger partial charge in [-0.15, -0.1) is 11.8 Å². The molecule has 0 saturated heterocycles. The Labute approximate surface area is 199 Å². The number of halogens is 3. The van der Waals surface area contributed by atoms with Crippen LogP contribution in [-0.4, -0.2) is 63.8 Å². The molecule has 2 rings (SSSR count). The van der Waals surface area contributed by atoms with Gasteiger partial charge in [0.05, 0.1) is 10.6 Å². The Bertz CT molecular complexity index is 1220. The second kappa shape index (κ2) is 10.8. The predicted octanol–water partition coefficient (Wildman–Crippen LogP) is 3.20. The summed E-state index contributed by atoms with van der Waals surface area (Å²) in [6.07, 6.45) is -1.10. The molecule has 0 aliphatic rings. The molecule has 0 radical (unpaired) electrons. The number of nitrogens with one attached hydrogen (secondary N) is 1. The Hall–Kier alpha value is -2.49. The van der Waals surface area contributed by atoms with Crippen LogP contribution in [0.15, 0.2) is 63.2 Å². The van der Waals surface area contributed by atoms with E-state index in [0.717, 1.165) is 21.9 Å². The molecule has 0 aromatic heterocycles. The SMILES string of the molecule is CN(CC[C@H](CSc1ccccc1)Nc1ccc(S(N)(=O)=O)cc1S(=O)(=O)C(F)(F)F)C(=O)O. The predicted molar refractivity (Wildman–Crippen MR) is 121 cm³/mol. The highest BCUT2D eigenvalue weighted by molar-refractivity contribution is 7.99. The standard InChI is InChI=1S/C19H22F3N3O6S3/c1-25(18(26)27)10-9-13(12-32-14-5-3-2-4-6-14)24-16-8-7-15(34(23,30)31)11-17(16)33(28,29)19(20,21)22/h2-8,11,13,24H,9-10,12H2,1H3,(H,26,27)(H2,23,30,31)/t13-/m1/s1. The van der Waals surface area contributed by atoms with Gasteiger partial charge in [0.1, 0.15) is 4.90 Å². The second-order valence-electron chi connectivity index (χ2n) is 7.11. The molecule has 4 N–H and O–H groups in total. The molecular formula is C19H22F3N3O6S3. The minimum Gasteiger partial charge on any atom is -0.465 e. The van der Waals surface area contributed by atoms with Crippen molar-refractivity contribution in [3.63, 3.8) is 0 Å². The van der Waals surface area contributed by atoms with Gasteiger partial charge in [-0.3, -0.25) is 0 Å². The molecule has 9 nitrogen and oxygen atoms in total. The van der Waals surface area contributed by atoms with E-state index in [4.69, 9.17) is 10.2 Å². The van der Waals surface area contributed by atoms with Crippen molar-refractivity contribution < 1.29 is 39.9 Å². The molecule has 0 fully saturated rings. The van der Waals surface area contributed by atoms with Crippen LogP contribution in [0.4, 0.5) is 23.7 Å². The average molecular weight is 542 g/mol. The molecule has 0 aliphatic heterocycles. The highest BCUT2D eigenvalue weighted by Gasteiger charge is 2.48. The van der Waals surface area contributed by atoms with E-state index in [1.54, 1.807) is 30.3 Å². The molecule has 0 bridgehead atoms.